The van der Waals surface area contributed by atoms with Gasteiger partial charge in [-0.3, -0.25) is 0 Å². The molecule has 0 aromatic heterocycles. The number of carbonyl (C=O) groups excluding carboxylic acids is 1. The van der Waals surface area contributed by atoms with Crippen LogP contribution >= 0.6 is 11.6 Å². The van der Waals surface area contributed by atoms with E-state index in [1.807, 2.05) is 6.08 Å². The van der Waals surface area contributed by atoms with Gasteiger partial charge in [-0.2, -0.15) is 0 Å². The summed E-state index contributed by atoms with van der Waals surface area (Å²) in [6.07, 6.45) is 3.72. The first-order valence-corrected chi connectivity index (χ1v) is 2.92. The Bertz CT molecular complexity index is 78.6. The fourth-order valence-electron chi connectivity index (χ4n) is 0.348. The van der Waals surface area contributed by atoms with Crippen LogP contribution in [0.3, 0.4) is 0 Å². The minimum Gasteiger partial charge on any atom is -0.460 e. The maximum absolute atomic E-state index is 5.23. The molecular formula is C6H9ClO. The lowest BCUT2D eigenvalue weighted by molar-refractivity contribution is 0.112. The molecule has 0 aliphatic heterocycles. The lowest BCUT2D eigenvalue weighted by Crippen LogP contribution is -1.79. The molecule has 0 aliphatic carbocycles. The van der Waals surface area contributed by atoms with E-state index in [4.69, 9.17) is 18.4 Å². The topological polar surface area (TPSA) is 11.3 Å². The Morgan fingerprint density at radius 2 is 2.38 bits per heavy atom. The second-order valence-corrected chi connectivity index (χ2v) is 1.63. The van der Waals surface area contributed by atoms with Crippen LogP contribution in [0.5, 0.6) is 0 Å². The molecule has 0 aromatic rings. The van der Waals surface area contributed by atoms with E-state index in [9.17, 15) is 0 Å². The molecule has 1 nitrogen and oxygen atoms in total. The van der Waals surface area contributed by atoms with Crippen LogP contribution in [0.4, 0.5) is 0 Å². The number of halogens is 1. The summed E-state index contributed by atoms with van der Waals surface area (Å²) in [5.41, 5.74) is 1.50. The molecule has 0 fully saturated rings. The Balaban J connectivity index is 2.82. The molecule has 0 atom stereocenters. The normalized spacial score (nSPS) is 10.1. The molecule has 0 N–H and O–H groups in total. The first-order valence-electron chi connectivity index (χ1n) is 2.48. The fraction of sp³-hybridized carbons (Fsp3) is 0.500. The Kier molecular flexibility index (Phi) is 6.45. The maximum atomic E-state index is 5.23. The molecular weight excluding hydrogens is 124 g/mol. The average Bonchev–Trinajstić information content (AvgIpc) is 1.81. The maximum Gasteiger partial charge on any atom is 0.218 e. The first-order chi connectivity index (χ1) is 3.91. The van der Waals surface area contributed by atoms with Gasteiger partial charge in [-0.1, -0.05) is 17.7 Å². The molecule has 2 heteroatoms. The molecule has 0 heterocycles. The predicted molar refractivity (Wildman–Crippen MR) is 35.8 cm³/mol. The highest BCUT2D eigenvalue weighted by molar-refractivity contribution is 6.25. The van der Waals surface area contributed by atoms with Crippen molar-refractivity contribution in [2.24, 2.45) is 0 Å². The minimum atomic E-state index is 0.598. The number of hydrogen-bond acceptors (Lipinski definition) is 0. The summed E-state index contributed by atoms with van der Waals surface area (Å²) in [6, 6.07) is 0. The fourth-order valence-corrected chi connectivity index (χ4v) is 0.474. The Labute approximate surface area is 54.7 Å². The standard InChI is InChI=1S/C6H9ClO/c1-8-6-4-2-3-5-7/h1,3,5H,2,4,6H2/b5-3+. The summed E-state index contributed by atoms with van der Waals surface area (Å²) in [5.74, 6) is 0. The second kappa shape index (κ2) is 6.70. The van der Waals surface area contributed by atoms with Crippen molar-refractivity contribution in [1.29, 1.82) is 0 Å². The molecule has 0 spiro atoms. The van der Waals surface area contributed by atoms with Gasteiger partial charge in [0.1, 0.15) is 0 Å². The Morgan fingerprint density at radius 1 is 1.62 bits per heavy atom. The van der Waals surface area contributed by atoms with Crippen molar-refractivity contribution in [1.82, 2.24) is 0 Å². The summed E-state index contributed by atoms with van der Waals surface area (Å²) < 4.78 is 4.31. The van der Waals surface area contributed by atoms with E-state index in [1.165, 1.54) is 5.54 Å². The van der Waals surface area contributed by atoms with Crippen LogP contribution < -0.4 is 0 Å². The van der Waals surface area contributed by atoms with Crippen LogP contribution in [0.2, 0.25) is 0 Å². The van der Waals surface area contributed by atoms with E-state index in [0.29, 0.717) is 6.61 Å². The molecule has 0 rings (SSSR count). The highest BCUT2D eigenvalue weighted by atomic mass is 35.5. The smallest absolute Gasteiger partial charge is 0.218 e. The zero-order valence-electron chi connectivity index (χ0n) is 4.64. The van der Waals surface area contributed by atoms with Gasteiger partial charge >= 0.3 is 0 Å². The lowest BCUT2D eigenvalue weighted by Gasteiger charge is -1.82. The van der Waals surface area contributed by atoms with E-state index in [1.54, 1.807) is 0 Å². The summed E-state index contributed by atoms with van der Waals surface area (Å²) in [6.45, 7) is 5.35. The van der Waals surface area contributed by atoms with Gasteiger partial charge in [-0.15, -0.1) is 0 Å². The van der Waals surface area contributed by atoms with Crippen LogP contribution in [0.1, 0.15) is 12.8 Å². The molecule has 0 amide bonds. The van der Waals surface area contributed by atoms with Crippen LogP contribution in [0, 0.1) is 0 Å². The van der Waals surface area contributed by atoms with E-state index >= 15 is 0 Å². The van der Waals surface area contributed by atoms with Gasteiger partial charge in [-0.05, 0) is 13.2 Å². The largest absolute Gasteiger partial charge is 0.460 e. The van der Waals surface area contributed by atoms with Crippen LogP contribution in [-0.4, -0.2) is 13.4 Å². The van der Waals surface area contributed by atoms with E-state index in [-0.39, 0.29) is 0 Å². The third kappa shape index (κ3) is 5.70. The molecule has 0 saturated carbocycles. The predicted octanol–water partition coefficient (Wildman–Crippen LogP) is 1.79. The van der Waals surface area contributed by atoms with Gasteiger partial charge in [0.2, 0.25) is 6.61 Å². The molecule has 8 heavy (non-hydrogen) atoms. The summed E-state index contributed by atoms with van der Waals surface area (Å²) >= 11 is 5.23. The van der Waals surface area contributed by atoms with Crippen LogP contribution in [0.15, 0.2) is 11.6 Å². The molecule has 46 valence electrons. The molecule has 0 unspecified atom stereocenters. The Hall–Kier alpha value is -0.300. The van der Waals surface area contributed by atoms with Crippen molar-refractivity contribution in [2.75, 3.05) is 6.61 Å². The number of hydrogen-bond donors (Lipinski definition) is 0. The van der Waals surface area contributed by atoms with Crippen molar-refractivity contribution in [2.45, 2.75) is 12.8 Å². The Morgan fingerprint density at radius 3 is 2.88 bits per heavy atom. The van der Waals surface area contributed by atoms with Crippen molar-refractivity contribution >= 4 is 18.4 Å². The second-order valence-electron chi connectivity index (χ2n) is 1.37. The van der Waals surface area contributed by atoms with Gasteiger partial charge in [-0.25, -0.2) is 0 Å². The first kappa shape index (κ1) is 7.70. The summed E-state index contributed by atoms with van der Waals surface area (Å²) in [4.78, 5) is 0. The van der Waals surface area contributed by atoms with Crippen LogP contribution in [-0.2, 0) is 4.42 Å². The van der Waals surface area contributed by atoms with E-state index in [0.717, 1.165) is 12.8 Å². The van der Waals surface area contributed by atoms with Gasteiger partial charge in [0, 0.05) is 12.0 Å². The highest BCUT2D eigenvalue weighted by Crippen LogP contribution is 1.90. The summed E-state index contributed by atoms with van der Waals surface area (Å²) in [7, 11) is 0. The lowest BCUT2D eigenvalue weighted by atomic mass is 10.3. The zero-order chi connectivity index (χ0) is 6.24. The molecule has 0 radical (unpaired) electrons. The van der Waals surface area contributed by atoms with E-state index < -0.39 is 0 Å². The third-order valence-corrected chi connectivity index (χ3v) is 0.900. The quantitative estimate of drug-likeness (QED) is 0.239. The molecule has 0 bridgehead atoms. The van der Waals surface area contributed by atoms with E-state index in [2.05, 4.69) is 4.42 Å². The SMILES string of the molecule is [CH-]=[O+]CCC/C=C/Cl. The van der Waals surface area contributed by atoms with Crippen molar-refractivity contribution in [3.05, 3.63) is 11.6 Å². The highest BCUT2D eigenvalue weighted by Gasteiger charge is 1.81. The van der Waals surface area contributed by atoms with Crippen molar-refractivity contribution in [3.63, 3.8) is 0 Å². The molecule has 0 aromatic carbocycles. The molecule has 0 saturated heterocycles. The van der Waals surface area contributed by atoms with Crippen molar-refractivity contribution in [3.8, 4) is 0 Å². The van der Waals surface area contributed by atoms with Gasteiger partial charge in [0.05, 0.1) is 0 Å². The molecule has 0 aliphatic rings. The van der Waals surface area contributed by atoms with Gasteiger partial charge < -0.3 is 4.42 Å². The average molecular weight is 133 g/mol. The third-order valence-electron chi connectivity index (χ3n) is 0.722. The number of rotatable bonds is 4. The van der Waals surface area contributed by atoms with Crippen molar-refractivity contribution < 1.29 is 4.42 Å². The van der Waals surface area contributed by atoms with Gasteiger partial charge in [0.15, 0.2) is 0 Å². The minimum absolute atomic E-state index is 0.598. The van der Waals surface area contributed by atoms with Crippen LogP contribution in [0.25, 0.3) is 0 Å². The monoisotopic (exact) mass is 132 g/mol. The van der Waals surface area contributed by atoms with Gasteiger partial charge in [0.25, 0.3) is 0 Å². The zero-order valence-corrected chi connectivity index (χ0v) is 5.40. The number of allylic oxidation sites excluding steroid dienone is 1. The number of unbranched alkanes of at least 4 members (excludes halogenated alkanes) is 1. The summed E-state index contributed by atoms with van der Waals surface area (Å²) in [5, 5.41) is 0.